The highest BCUT2D eigenvalue weighted by Crippen LogP contribution is 2.70. The van der Waals surface area contributed by atoms with Crippen molar-refractivity contribution in [3.8, 4) is 0 Å². The van der Waals surface area contributed by atoms with E-state index in [1.54, 1.807) is 19.9 Å². The lowest BCUT2D eigenvalue weighted by Crippen LogP contribution is -2.69. The molecule has 0 radical (unpaired) electrons. The van der Waals surface area contributed by atoms with Gasteiger partial charge in [-0.1, -0.05) is 25.5 Å². The maximum Gasteiger partial charge on any atom is 0.190 e. The van der Waals surface area contributed by atoms with Crippen molar-refractivity contribution in [2.45, 2.75) is 63.8 Å². The molecule has 0 aromatic carbocycles. The number of rotatable bonds is 2. The van der Waals surface area contributed by atoms with Crippen LogP contribution in [-0.4, -0.2) is 50.9 Å². The topological polar surface area (TPSA) is 94.8 Å². The van der Waals surface area contributed by atoms with Crippen molar-refractivity contribution in [3.63, 3.8) is 0 Å². The molecule has 0 spiro atoms. The molecule has 0 aliphatic heterocycles. The molecular formula is C22H29FO5. The number of hydrogen-bond donors (Lipinski definition) is 3. The van der Waals surface area contributed by atoms with Gasteiger partial charge in [-0.05, 0) is 56.6 Å². The molecule has 3 fully saturated rings. The van der Waals surface area contributed by atoms with Gasteiger partial charge in [-0.15, -0.1) is 0 Å². The minimum atomic E-state index is -1.99. The van der Waals surface area contributed by atoms with Crippen molar-refractivity contribution in [2.75, 3.05) is 6.61 Å². The second-order valence-corrected chi connectivity index (χ2v) is 9.77. The number of aliphatic hydroxyl groups excluding tert-OH is 2. The highest BCUT2D eigenvalue weighted by molar-refractivity contribution is 6.01. The van der Waals surface area contributed by atoms with Crippen molar-refractivity contribution in [1.29, 1.82) is 0 Å². The second-order valence-electron chi connectivity index (χ2n) is 9.77. The number of Topliss-reactive ketones (excluding diaryl/α,β-unsaturated/α-hetero) is 1. The fourth-order valence-electron chi connectivity index (χ4n) is 7.19. The van der Waals surface area contributed by atoms with E-state index in [2.05, 4.69) is 0 Å². The van der Waals surface area contributed by atoms with Gasteiger partial charge >= 0.3 is 0 Å². The van der Waals surface area contributed by atoms with E-state index in [9.17, 15) is 24.9 Å². The minimum absolute atomic E-state index is 0.0513. The Morgan fingerprint density at radius 3 is 2.64 bits per heavy atom. The Labute approximate surface area is 164 Å². The van der Waals surface area contributed by atoms with E-state index in [0.717, 1.165) is 0 Å². The molecule has 4 aliphatic rings. The van der Waals surface area contributed by atoms with E-state index in [4.69, 9.17) is 0 Å². The number of alkyl halides is 1. The first-order valence-corrected chi connectivity index (χ1v) is 10.1. The molecule has 0 saturated heterocycles. The lowest BCUT2D eigenvalue weighted by molar-refractivity contribution is -0.221. The quantitative estimate of drug-likeness (QED) is 0.667. The third kappa shape index (κ3) is 2.06. The van der Waals surface area contributed by atoms with Gasteiger partial charge in [-0.2, -0.15) is 0 Å². The van der Waals surface area contributed by atoms with Crippen LogP contribution in [0.1, 0.15) is 46.5 Å². The van der Waals surface area contributed by atoms with Gasteiger partial charge in [-0.3, -0.25) is 9.59 Å². The molecule has 154 valence electrons. The SMILES string of the molecule is C[C@H]1CC2C3CC[C@](O)(C(=O)CO)[C@@]3(C)C[C@H](O)[C@]2(F)[C@@]2(C)C=CC(=O)C=C12. The van der Waals surface area contributed by atoms with Gasteiger partial charge in [0.25, 0.3) is 0 Å². The van der Waals surface area contributed by atoms with E-state index in [-0.39, 0.29) is 30.5 Å². The summed E-state index contributed by atoms with van der Waals surface area (Å²) in [7, 11) is 0. The average molecular weight is 392 g/mol. The predicted octanol–water partition coefficient (Wildman–Crippen LogP) is 1.90. The first kappa shape index (κ1) is 19.9. The molecule has 0 bridgehead atoms. The fourth-order valence-corrected chi connectivity index (χ4v) is 7.19. The molecule has 3 N–H and O–H groups in total. The van der Waals surface area contributed by atoms with E-state index in [0.29, 0.717) is 18.4 Å². The van der Waals surface area contributed by atoms with Gasteiger partial charge in [0.05, 0.1) is 6.10 Å². The summed E-state index contributed by atoms with van der Waals surface area (Å²) in [5, 5.41) is 31.7. The van der Waals surface area contributed by atoms with Crippen LogP contribution < -0.4 is 0 Å². The standard InChI is InChI=1S/C22H29FO5/c1-12-8-16-14-5-7-21(28,18(27)11-24)20(14,3)10-17(26)22(16,23)19(2)6-4-13(25)9-15(12)19/h4,6,9,12,14,16-17,24,26,28H,5,7-8,10-11H2,1-3H3/t12-,14?,16?,17-,19-,20-,21-,22-/m0/s1. The minimum Gasteiger partial charge on any atom is -0.390 e. The summed E-state index contributed by atoms with van der Waals surface area (Å²) in [5.41, 5.74) is -5.14. The van der Waals surface area contributed by atoms with Gasteiger partial charge < -0.3 is 15.3 Å². The van der Waals surface area contributed by atoms with Gasteiger partial charge in [0.2, 0.25) is 0 Å². The molecule has 2 unspecified atom stereocenters. The summed E-state index contributed by atoms with van der Waals surface area (Å²) in [6.45, 7) is 4.69. The highest BCUT2D eigenvalue weighted by atomic mass is 19.1. The Bertz CT molecular complexity index is 805. The third-order valence-electron chi connectivity index (χ3n) is 8.73. The molecule has 6 heteroatoms. The zero-order valence-electron chi connectivity index (χ0n) is 16.6. The predicted molar refractivity (Wildman–Crippen MR) is 99.9 cm³/mol. The zero-order valence-corrected chi connectivity index (χ0v) is 16.6. The molecule has 4 rings (SSSR count). The van der Waals surface area contributed by atoms with Gasteiger partial charge in [0.1, 0.15) is 12.2 Å². The summed E-state index contributed by atoms with van der Waals surface area (Å²) < 4.78 is 16.9. The van der Waals surface area contributed by atoms with Crippen LogP contribution in [0.25, 0.3) is 0 Å². The van der Waals surface area contributed by atoms with E-state index in [1.807, 2.05) is 6.92 Å². The Hall–Kier alpha value is -1.37. The summed E-state index contributed by atoms with van der Waals surface area (Å²) >= 11 is 0. The van der Waals surface area contributed by atoms with E-state index >= 15 is 4.39 Å². The fraction of sp³-hybridized carbons (Fsp3) is 0.727. The Balaban J connectivity index is 1.84. The number of aliphatic hydroxyl groups is 3. The van der Waals surface area contributed by atoms with Crippen LogP contribution in [0.5, 0.6) is 0 Å². The first-order chi connectivity index (χ1) is 13.0. The molecule has 4 aliphatic carbocycles. The summed E-state index contributed by atoms with van der Waals surface area (Å²) in [6.07, 6.45) is 4.09. The Kier molecular flexibility index (Phi) is 4.15. The Morgan fingerprint density at radius 1 is 1.32 bits per heavy atom. The molecule has 28 heavy (non-hydrogen) atoms. The van der Waals surface area contributed by atoms with Gasteiger partial charge in [-0.25, -0.2) is 4.39 Å². The van der Waals surface area contributed by atoms with Crippen LogP contribution in [0, 0.1) is 28.6 Å². The molecule has 0 aromatic rings. The van der Waals surface area contributed by atoms with Crippen LogP contribution in [-0.2, 0) is 9.59 Å². The van der Waals surface area contributed by atoms with E-state index < -0.39 is 46.5 Å². The summed E-state index contributed by atoms with van der Waals surface area (Å²) in [4.78, 5) is 24.3. The summed E-state index contributed by atoms with van der Waals surface area (Å²) in [6, 6.07) is 0. The molecular weight excluding hydrogens is 363 g/mol. The van der Waals surface area contributed by atoms with Crippen molar-refractivity contribution < 1.29 is 29.3 Å². The Morgan fingerprint density at radius 2 is 2.00 bits per heavy atom. The number of carbonyl (C=O) groups excluding carboxylic acids is 2. The molecule has 5 nitrogen and oxygen atoms in total. The van der Waals surface area contributed by atoms with E-state index in [1.165, 1.54) is 12.2 Å². The van der Waals surface area contributed by atoms with Gasteiger partial charge in [0, 0.05) is 16.7 Å². The van der Waals surface area contributed by atoms with Crippen molar-refractivity contribution in [3.05, 3.63) is 23.8 Å². The largest absolute Gasteiger partial charge is 0.390 e. The number of fused-ring (bicyclic) bond motifs is 5. The number of ketones is 2. The lowest BCUT2D eigenvalue weighted by atomic mass is 9.43. The maximum absolute atomic E-state index is 16.9. The maximum atomic E-state index is 16.9. The number of carbonyl (C=O) groups is 2. The van der Waals surface area contributed by atoms with Crippen LogP contribution in [0.4, 0.5) is 4.39 Å². The van der Waals surface area contributed by atoms with Gasteiger partial charge in [0.15, 0.2) is 17.2 Å². The average Bonchev–Trinajstić information content (AvgIpc) is 2.91. The molecule has 0 amide bonds. The third-order valence-corrected chi connectivity index (χ3v) is 8.73. The number of hydrogen-bond acceptors (Lipinski definition) is 5. The van der Waals surface area contributed by atoms with Crippen LogP contribution >= 0.6 is 0 Å². The molecule has 3 saturated carbocycles. The van der Waals surface area contributed by atoms with Crippen molar-refractivity contribution in [1.82, 2.24) is 0 Å². The van der Waals surface area contributed by atoms with Crippen LogP contribution in [0.3, 0.4) is 0 Å². The first-order valence-electron chi connectivity index (χ1n) is 10.1. The smallest absolute Gasteiger partial charge is 0.190 e. The van der Waals surface area contributed by atoms with Crippen LogP contribution in [0.2, 0.25) is 0 Å². The molecule has 0 aromatic heterocycles. The second kappa shape index (κ2) is 5.83. The number of allylic oxidation sites excluding steroid dienone is 4. The van der Waals surface area contributed by atoms with Crippen molar-refractivity contribution in [2.24, 2.45) is 28.6 Å². The van der Waals surface area contributed by atoms with Crippen molar-refractivity contribution >= 4 is 11.6 Å². The monoisotopic (exact) mass is 392 g/mol. The number of halogens is 1. The molecule has 0 heterocycles. The zero-order chi connectivity index (χ0) is 20.7. The highest BCUT2D eigenvalue weighted by Gasteiger charge is 2.74. The van der Waals surface area contributed by atoms with Crippen LogP contribution in [0.15, 0.2) is 23.8 Å². The lowest BCUT2D eigenvalue weighted by Gasteiger charge is -2.63. The molecule has 8 atom stereocenters. The summed E-state index contributed by atoms with van der Waals surface area (Å²) in [5.74, 6) is -1.73. The normalized spacial score (nSPS) is 52.5.